The summed E-state index contributed by atoms with van der Waals surface area (Å²) in [7, 11) is 0. The molecule has 0 bridgehead atoms. The molecule has 0 unspecified atom stereocenters. The second kappa shape index (κ2) is 4.67. The van der Waals surface area contributed by atoms with Crippen molar-refractivity contribution < 1.29 is 9.53 Å². The first-order chi connectivity index (χ1) is 5.76. The molecule has 0 spiro atoms. The maximum absolute atomic E-state index is 10.8. The number of nitrogens with one attached hydrogen (secondary N) is 1. The minimum absolute atomic E-state index is 0.0514. The largest absolute Gasteiger partial charge is 0.378 e. The van der Waals surface area contributed by atoms with Crippen molar-refractivity contribution in [3.05, 3.63) is 0 Å². The Balaban J connectivity index is 2.05. The Morgan fingerprint density at radius 2 is 2.33 bits per heavy atom. The summed E-state index contributed by atoms with van der Waals surface area (Å²) < 4.78 is 5.34. The Morgan fingerprint density at radius 3 is 2.83 bits per heavy atom. The fraction of sp³-hybridized carbons (Fsp3) is 0.875. The van der Waals surface area contributed by atoms with Gasteiger partial charge in [-0.2, -0.15) is 0 Å². The molecule has 1 aliphatic rings. The van der Waals surface area contributed by atoms with Crippen LogP contribution in [0.4, 0.5) is 0 Å². The van der Waals surface area contributed by atoms with E-state index in [1.54, 1.807) is 0 Å². The summed E-state index contributed by atoms with van der Waals surface area (Å²) in [5, 5.41) is 2.80. The van der Waals surface area contributed by atoms with E-state index in [9.17, 15) is 4.79 Å². The highest BCUT2D eigenvalue weighted by atomic mass is 35.5. The van der Waals surface area contributed by atoms with Crippen molar-refractivity contribution in [2.24, 2.45) is 0 Å². The lowest BCUT2D eigenvalue weighted by Crippen LogP contribution is -2.48. The van der Waals surface area contributed by atoms with Gasteiger partial charge in [0.05, 0.1) is 6.10 Å². The molecular formula is C8H14ClNO2. The van der Waals surface area contributed by atoms with Gasteiger partial charge in [0.1, 0.15) is 5.88 Å². The van der Waals surface area contributed by atoms with Gasteiger partial charge < -0.3 is 10.1 Å². The second-order valence-corrected chi connectivity index (χ2v) is 3.21. The average Bonchev–Trinajstić information content (AvgIpc) is 2.00. The van der Waals surface area contributed by atoms with E-state index < -0.39 is 0 Å². The van der Waals surface area contributed by atoms with Crippen LogP contribution in [0.5, 0.6) is 0 Å². The van der Waals surface area contributed by atoms with Gasteiger partial charge in [-0.05, 0) is 19.8 Å². The molecule has 0 radical (unpaired) electrons. The molecule has 1 aliphatic carbocycles. The minimum Gasteiger partial charge on any atom is -0.378 e. The van der Waals surface area contributed by atoms with Gasteiger partial charge in [-0.1, -0.05) is 0 Å². The number of carbonyl (C=O) groups excluding carboxylic acids is 1. The molecule has 1 saturated carbocycles. The van der Waals surface area contributed by atoms with Gasteiger partial charge in [-0.25, -0.2) is 0 Å². The van der Waals surface area contributed by atoms with Crippen LogP contribution in [0.3, 0.4) is 0 Å². The van der Waals surface area contributed by atoms with Gasteiger partial charge >= 0.3 is 0 Å². The highest BCUT2D eigenvalue weighted by molar-refractivity contribution is 6.27. The molecular weight excluding hydrogens is 178 g/mol. The maximum Gasteiger partial charge on any atom is 0.235 e. The Bertz CT molecular complexity index is 157. The van der Waals surface area contributed by atoms with Crippen LogP contribution in [0.2, 0.25) is 0 Å². The number of carbonyl (C=O) groups is 1. The normalized spacial score (nSPS) is 27.8. The van der Waals surface area contributed by atoms with Crippen LogP contribution >= 0.6 is 11.6 Å². The van der Waals surface area contributed by atoms with Gasteiger partial charge in [0.2, 0.25) is 5.91 Å². The minimum atomic E-state index is -0.0865. The van der Waals surface area contributed by atoms with Crippen LogP contribution in [0, 0.1) is 0 Å². The Morgan fingerprint density at radius 1 is 1.67 bits per heavy atom. The zero-order valence-corrected chi connectivity index (χ0v) is 7.93. The standard InChI is InChI=1S/C8H14ClNO2/c1-2-12-7-3-6(4-7)10-8(11)5-9/h6-7H,2-5H2,1H3,(H,10,11). The predicted molar refractivity (Wildman–Crippen MR) is 47.3 cm³/mol. The molecule has 0 aliphatic heterocycles. The number of amides is 1. The Labute approximate surface area is 77.4 Å². The molecule has 0 atom stereocenters. The van der Waals surface area contributed by atoms with E-state index in [2.05, 4.69) is 5.32 Å². The van der Waals surface area contributed by atoms with Crippen LogP contribution < -0.4 is 5.32 Å². The Hall–Kier alpha value is -0.280. The van der Waals surface area contributed by atoms with Crippen LogP contribution in [-0.2, 0) is 9.53 Å². The number of halogens is 1. The average molecular weight is 192 g/mol. The summed E-state index contributed by atoms with van der Waals surface area (Å²) >= 11 is 5.33. The molecule has 3 nitrogen and oxygen atoms in total. The lowest BCUT2D eigenvalue weighted by molar-refractivity contribution is -0.121. The third-order valence-corrected chi connectivity index (χ3v) is 2.23. The summed E-state index contributed by atoms with van der Waals surface area (Å²) in [5.74, 6) is -0.0351. The van der Waals surface area contributed by atoms with Crippen molar-refractivity contribution in [3.8, 4) is 0 Å². The molecule has 1 fully saturated rings. The third kappa shape index (κ3) is 2.64. The fourth-order valence-electron chi connectivity index (χ4n) is 1.32. The molecule has 0 saturated heterocycles. The van der Waals surface area contributed by atoms with Gasteiger partial charge in [0, 0.05) is 12.6 Å². The molecule has 12 heavy (non-hydrogen) atoms. The van der Waals surface area contributed by atoms with Crippen molar-refractivity contribution >= 4 is 17.5 Å². The summed E-state index contributed by atoms with van der Waals surface area (Å²) in [5.41, 5.74) is 0. The summed E-state index contributed by atoms with van der Waals surface area (Å²) in [4.78, 5) is 10.8. The van der Waals surface area contributed by atoms with Crippen LogP contribution in [0.25, 0.3) is 0 Å². The number of hydrogen-bond acceptors (Lipinski definition) is 2. The molecule has 0 heterocycles. The first-order valence-corrected chi connectivity index (χ1v) is 4.76. The van der Waals surface area contributed by atoms with Crippen molar-refractivity contribution in [2.75, 3.05) is 12.5 Å². The first kappa shape index (κ1) is 9.81. The van der Waals surface area contributed by atoms with E-state index in [0.717, 1.165) is 19.4 Å². The van der Waals surface area contributed by atoms with Crippen molar-refractivity contribution in [1.82, 2.24) is 5.32 Å². The van der Waals surface area contributed by atoms with Gasteiger partial charge in [0.15, 0.2) is 0 Å². The Kier molecular flexibility index (Phi) is 3.82. The highest BCUT2D eigenvalue weighted by Gasteiger charge is 2.30. The molecule has 1 N–H and O–H groups in total. The number of hydrogen-bond donors (Lipinski definition) is 1. The number of alkyl halides is 1. The molecule has 0 aromatic rings. The van der Waals surface area contributed by atoms with Crippen molar-refractivity contribution in [1.29, 1.82) is 0 Å². The SMILES string of the molecule is CCOC1CC(NC(=O)CCl)C1. The summed E-state index contributed by atoms with van der Waals surface area (Å²) in [6, 6.07) is 0.285. The maximum atomic E-state index is 10.8. The lowest BCUT2D eigenvalue weighted by Gasteiger charge is -2.35. The van der Waals surface area contributed by atoms with Gasteiger partial charge in [-0.3, -0.25) is 4.79 Å². The molecule has 1 amide bonds. The highest BCUT2D eigenvalue weighted by Crippen LogP contribution is 2.22. The zero-order chi connectivity index (χ0) is 8.97. The predicted octanol–water partition coefficient (Wildman–Crippen LogP) is 0.909. The zero-order valence-electron chi connectivity index (χ0n) is 7.18. The molecule has 4 heteroatoms. The van der Waals surface area contributed by atoms with Crippen molar-refractivity contribution in [2.45, 2.75) is 31.9 Å². The van der Waals surface area contributed by atoms with E-state index in [4.69, 9.17) is 16.3 Å². The van der Waals surface area contributed by atoms with Crippen LogP contribution in [0.1, 0.15) is 19.8 Å². The monoisotopic (exact) mass is 191 g/mol. The van der Waals surface area contributed by atoms with E-state index >= 15 is 0 Å². The van der Waals surface area contributed by atoms with Gasteiger partial charge in [-0.15, -0.1) is 11.6 Å². The van der Waals surface area contributed by atoms with E-state index in [1.807, 2.05) is 6.92 Å². The lowest BCUT2D eigenvalue weighted by atomic mass is 9.89. The number of ether oxygens (including phenoxy) is 1. The van der Waals surface area contributed by atoms with E-state index in [0.29, 0.717) is 6.10 Å². The smallest absolute Gasteiger partial charge is 0.235 e. The summed E-state index contributed by atoms with van der Waals surface area (Å²) in [6.07, 6.45) is 2.20. The fourth-order valence-corrected chi connectivity index (χ4v) is 1.40. The number of rotatable bonds is 4. The second-order valence-electron chi connectivity index (χ2n) is 2.95. The van der Waals surface area contributed by atoms with Crippen LogP contribution in [-0.4, -0.2) is 30.5 Å². The van der Waals surface area contributed by atoms with Crippen molar-refractivity contribution in [3.63, 3.8) is 0 Å². The summed E-state index contributed by atoms with van der Waals surface area (Å²) in [6.45, 7) is 2.73. The molecule has 70 valence electrons. The molecule has 1 rings (SSSR count). The first-order valence-electron chi connectivity index (χ1n) is 4.23. The quantitative estimate of drug-likeness (QED) is 0.671. The molecule has 0 aromatic carbocycles. The van der Waals surface area contributed by atoms with Gasteiger partial charge in [0.25, 0.3) is 0 Å². The molecule has 0 aromatic heterocycles. The van der Waals surface area contributed by atoms with E-state index in [1.165, 1.54) is 0 Å². The van der Waals surface area contributed by atoms with E-state index in [-0.39, 0.29) is 17.8 Å². The van der Waals surface area contributed by atoms with Crippen LogP contribution in [0.15, 0.2) is 0 Å². The third-order valence-electron chi connectivity index (χ3n) is 1.98. The topological polar surface area (TPSA) is 38.3 Å².